The maximum atomic E-state index is 2.38. The van der Waals surface area contributed by atoms with E-state index < -0.39 is 0 Å². The second-order valence-corrected chi connectivity index (χ2v) is 13.5. The third-order valence-electron chi connectivity index (χ3n) is 8.65. The molecule has 0 saturated heterocycles. The highest BCUT2D eigenvalue weighted by atomic mass is 14.3. The molecule has 0 nitrogen and oxygen atoms in total. The summed E-state index contributed by atoms with van der Waals surface area (Å²) in [5.41, 5.74) is 12.0. The van der Waals surface area contributed by atoms with Crippen molar-refractivity contribution in [2.24, 2.45) is 10.8 Å². The molecule has 0 aromatic heterocycles. The summed E-state index contributed by atoms with van der Waals surface area (Å²) >= 11 is 0. The molecule has 0 aliphatic heterocycles. The van der Waals surface area contributed by atoms with E-state index in [1.165, 1.54) is 72.0 Å². The molecule has 2 rings (SSSR count). The first kappa shape index (κ1) is 33.6. The van der Waals surface area contributed by atoms with Crippen LogP contribution in [-0.4, -0.2) is 0 Å². The van der Waals surface area contributed by atoms with Gasteiger partial charge in [0, 0.05) is 0 Å². The lowest BCUT2D eigenvalue weighted by Crippen LogP contribution is -2.19. The second kappa shape index (κ2) is 16.0. The Hall–Kier alpha value is -2.60. The predicted octanol–water partition coefficient (Wildman–Crippen LogP) is 12.8. The van der Waals surface area contributed by atoms with E-state index in [-0.39, 0.29) is 0 Å². The fourth-order valence-corrected chi connectivity index (χ4v) is 6.02. The van der Waals surface area contributed by atoms with Gasteiger partial charge in [0.05, 0.1) is 0 Å². The van der Waals surface area contributed by atoms with E-state index in [1.54, 1.807) is 11.1 Å². The molecule has 0 aromatic carbocycles. The highest BCUT2D eigenvalue weighted by Gasteiger charge is 2.27. The van der Waals surface area contributed by atoms with E-state index in [0.717, 1.165) is 12.8 Å². The van der Waals surface area contributed by atoms with Crippen molar-refractivity contribution in [1.82, 2.24) is 0 Å². The highest BCUT2D eigenvalue weighted by Crippen LogP contribution is 2.41. The largest absolute Gasteiger partial charge is 0.0813 e. The quantitative estimate of drug-likeness (QED) is 0.181. The van der Waals surface area contributed by atoms with Crippen LogP contribution < -0.4 is 0 Å². The van der Waals surface area contributed by atoms with Crippen LogP contribution in [0.1, 0.15) is 121 Å². The van der Waals surface area contributed by atoms with E-state index in [4.69, 9.17) is 0 Å². The average molecular weight is 539 g/mol. The van der Waals surface area contributed by atoms with Gasteiger partial charge in [0.15, 0.2) is 0 Å². The average Bonchev–Trinajstić information content (AvgIpc) is 2.85. The summed E-state index contributed by atoms with van der Waals surface area (Å²) in [6.07, 6.45) is 37.0. The lowest BCUT2D eigenvalue weighted by atomic mass is 9.72. The van der Waals surface area contributed by atoms with Crippen LogP contribution in [0.3, 0.4) is 0 Å². The van der Waals surface area contributed by atoms with Gasteiger partial charge in [-0.2, -0.15) is 0 Å². The van der Waals surface area contributed by atoms with E-state index in [1.807, 2.05) is 0 Å². The van der Waals surface area contributed by atoms with E-state index in [0.29, 0.717) is 10.8 Å². The van der Waals surface area contributed by atoms with Crippen molar-refractivity contribution in [3.8, 4) is 0 Å². The fourth-order valence-electron chi connectivity index (χ4n) is 6.02. The molecule has 2 aliphatic rings. The van der Waals surface area contributed by atoms with Gasteiger partial charge >= 0.3 is 0 Å². The van der Waals surface area contributed by atoms with Crippen LogP contribution in [-0.2, 0) is 0 Å². The van der Waals surface area contributed by atoms with Crippen molar-refractivity contribution >= 4 is 0 Å². The van der Waals surface area contributed by atoms with Gasteiger partial charge in [-0.05, 0) is 115 Å². The van der Waals surface area contributed by atoms with Gasteiger partial charge < -0.3 is 0 Å². The lowest BCUT2D eigenvalue weighted by Gasteiger charge is -2.33. The van der Waals surface area contributed by atoms with Gasteiger partial charge in [-0.25, -0.2) is 0 Å². The summed E-state index contributed by atoms with van der Waals surface area (Å²) in [4.78, 5) is 0. The first-order valence-corrected chi connectivity index (χ1v) is 15.6. The van der Waals surface area contributed by atoms with Crippen LogP contribution >= 0.6 is 0 Å². The second-order valence-electron chi connectivity index (χ2n) is 13.5. The Balaban J connectivity index is 1.82. The summed E-state index contributed by atoms with van der Waals surface area (Å²) in [7, 11) is 0. The molecule has 218 valence electrons. The van der Waals surface area contributed by atoms with Crippen molar-refractivity contribution in [2.75, 3.05) is 0 Å². The summed E-state index contributed by atoms with van der Waals surface area (Å²) in [5.74, 6) is 0. The molecule has 0 unspecified atom stereocenters. The lowest BCUT2D eigenvalue weighted by molar-refractivity contribution is 0.376. The highest BCUT2D eigenvalue weighted by molar-refractivity contribution is 5.38. The molecule has 2 aliphatic carbocycles. The van der Waals surface area contributed by atoms with Gasteiger partial charge in [0.25, 0.3) is 0 Å². The Morgan fingerprint density at radius 1 is 0.575 bits per heavy atom. The minimum Gasteiger partial charge on any atom is -0.0813 e. The first-order chi connectivity index (χ1) is 18.8. The third kappa shape index (κ3) is 11.5. The molecule has 0 fully saturated rings. The zero-order chi connectivity index (χ0) is 29.8. The zero-order valence-electron chi connectivity index (χ0n) is 27.6. The molecule has 0 spiro atoms. The number of hydrogen-bond acceptors (Lipinski definition) is 0. The maximum absolute atomic E-state index is 2.38. The smallest absolute Gasteiger partial charge is 0.0104 e. The van der Waals surface area contributed by atoms with E-state index in [2.05, 4.69) is 142 Å². The van der Waals surface area contributed by atoms with Crippen LogP contribution in [0.2, 0.25) is 0 Å². The molecule has 0 saturated carbocycles. The Labute approximate surface area is 248 Å². The molecule has 40 heavy (non-hydrogen) atoms. The maximum Gasteiger partial charge on any atom is -0.0104 e. The van der Waals surface area contributed by atoms with E-state index in [9.17, 15) is 0 Å². The van der Waals surface area contributed by atoms with Crippen molar-refractivity contribution in [1.29, 1.82) is 0 Å². The minimum absolute atomic E-state index is 0.299. The van der Waals surface area contributed by atoms with Crippen LogP contribution in [0.25, 0.3) is 0 Å². The SMILES string of the molecule is CC1=C(\C=C/C(C)=C/C=C/C(C)=C/CC/C=C(C)/C=C/C=C(C)/C=C/C2=C(C)CCCC2(C)C)C(C)(C)CCC1. The Bertz CT molecular complexity index is 1070. The molecule has 0 heterocycles. The van der Waals surface area contributed by atoms with Crippen molar-refractivity contribution in [3.63, 3.8) is 0 Å². The monoisotopic (exact) mass is 538 g/mol. The van der Waals surface area contributed by atoms with Crippen molar-refractivity contribution < 1.29 is 0 Å². The van der Waals surface area contributed by atoms with Gasteiger partial charge in [-0.15, -0.1) is 0 Å². The summed E-state index contributed by atoms with van der Waals surface area (Å²) in [6.45, 7) is 22.9. The molecular formula is C40H58. The standard InChI is InChI=1S/C40H58/c1-31(19-13-21-33(3)25-27-37-35(5)23-15-29-39(37,7)8)17-11-12-18-32(2)20-14-22-34(4)26-28-38-36(6)24-16-30-40(38,9)10/h13-14,17-22,25-28H,11-12,15-16,23-24,29-30H2,1-10H3/b19-13+,20-14+,27-25-,28-26+,31-17+,32-18+,33-21+,34-22+. The molecule has 0 atom stereocenters. The van der Waals surface area contributed by atoms with Gasteiger partial charge in [0.1, 0.15) is 0 Å². The number of allylic oxidation sites excluding steroid dienone is 20. The van der Waals surface area contributed by atoms with Crippen LogP contribution in [0.4, 0.5) is 0 Å². The number of unbranched alkanes of at least 4 members (excludes halogenated alkanes) is 1. The normalized spacial score (nSPS) is 21.8. The topological polar surface area (TPSA) is 0 Å². The zero-order valence-corrected chi connectivity index (χ0v) is 27.6. The molecular weight excluding hydrogens is 480 g/mol. The minimum atomic E-state index is 0.299. The predicted molar refractivity (Wildman–Crippen MR) is 181 cm³/mol. The summed E-state index contributed by atoms with van der Waals surface area (Å²) in [6, 6.07) is 0. The van der Waals surface area contributed by atoms with Crippen LogP contribution in [0.15, 0.2) is 117 Å². The molecule has 0 heteroatoms. The van der Waals surface area contributed by atoms with Crippen LogP contribution in [0.5, 0.6) is 0 Å². The fraction of sp³-hybridized carbons (Fsp3) is 0.500. The van der Waals surface area contributed by atoms with E-state index >= 15 is 0 Å². The Morgan fingerprint density at radius 2 is 0.950 bits per heavy atom. The third-order valence-corrected chi connectivity index (χ3v) is 8.65. The van der Waals surface area contributed by atoms with Crippen molar-refractivity contribution in [2.45, 2.75) is 121 Å². The first-order valence-electron chi connectivity index (χ1n) is 15.6. The Morgan fingerprint density at radius 3 is 1.30 bits per heavy atom. The number of hydrogen-bond donors (Lipinski definition) is 0. The summed E-state index contributed by atoms with van der Waals surface area (Å²) in [5, 5.41) is 0. The molecule has 0 amide bonds. The van der Waals surface area contributed by atoms with Crippen molar-refractivity contribution in [3.05, 3.63) is 117 Å². The molecule has 0 N–H and O–H groups in total. The van der Waals surface area contributed by atoms with Gasteiger partial charge in [-0.3, -0.25) is 0 Å². The van der Waals surface area contributed by atoms with Gasteiger partial charge in [0.2, 0.25) is 0 Å². The molecule has 0 aromatic rings. The molecule has 0 radical (unpaired) electrons. The molecule has 0 bridgehead atoms. The Kier molecular flexibility index (Phi) is 13.4. The number of rotatable bonds is 11. The summed E-state index contributed by atoms with van der Waals surface area (Å²) < 4.78 is 0. The van der Waals surface area contributed by atoms with Crippen LogP contribution in [0, 0.1) is 10.8 Å². The van der Waals surface area contributed by atoms with Gasteiger partial charge in [-0.1, -0.05) is 134 Å².